The molecule has 2 nitrogen and oxygen atoms in total. The molecule has 0 radical (unpaired) electrons. The van der Waals surface area contributed by atoms with Gasteiger partial charge in [-0.1, -0.05) is 80.1 Å². The summed E-state index contributed by atoms with van der Waals surface area (Å²) < 4.78 is 2.75. The summed E-state index contributed by atoms with van der Waals surface area (Å²) in [5.41, 5.74) is 4.73. The number of hydrogen-bond donors (Lipinski definition) is 0. The van der Waals surface area contributed by atoms with Crippen LogP contribution in [0.3, 0.4) is 0 Å². The van der Waals surface area contributed by atoms with Crippen molar-refractivity contribution in [2.24, 2.45) is 23.7 Å². The lowest BCUT2D eigenvalue weighted by Crippen LogP contribution is -2.12. The van der Waals surface area contributed by atoms with Crippen molar-refractivity contribution < 1.29 is 0 Å². The van der Waals surface area contributed by atoms with E-state index in [0.717, 1.165) is 35.7 Å². The highest BCUT2D eigenvalue weighted by molar-refractivity contribution is 7.25. The number of aromatic nitrogens is 2. The molecule has 0 spiro atoms. The summed E-state index contributed by atoms with van der Waals surface area (Å²) in [5.74, 6) is 2.86. The summed E-state index contributed by atoms with van der Waals surface area (Å²) in [4.78, 5) is 10.8. The van der Waals surface area contributed by atoms with Crippen LogP contribution in [-0.4, -0.2) is 9.97 Å². The number of nitrogens with zero attached hydrogens (tertiary/aromatic N) is 2. The molecule has 34 heavy (non-hydrogen) atoms. The molecule has 4 heteroatoms. The zero-order chi connectivity index (χ0) is 24.2. The average molecular weight is 495 g/mol. The van der Waals surface area contributed by atoms with Gasteiger partial charge in [0, 0.05) is 10.8 Å². The van der Waals surface area contributed by atoms with Crippen LogP contribution in [0.2, 0.25) is 0 Å². The number of thiophene rings is 2. The quantitative estimate of drug-likeness (QED) is 0.196. The zero-order valence-electron chi connectivity index (χ0n) is 22.0. The van der Waals surface area contributed by atoms with E-state index >= 15 is 0 Å². The van der Waals surface area contributed by atoms with E-state index in [1.54, 1.807) is 0 Å². The van der Waals surface area contributed by atoms with Crippen LogP contribution in [-0.2, 0) is 12.8 Å². The minimum absolute atomic E-state index is 0.642. The summed E-state index contributed by atoms with van der Waals surface area (Å²) in [6, 6.07) is 4.50. The van der Waals surface area contributed by atoms with Gasteiger partial charge in [0.15, 0.2) is 0 Å². The molecule has 0 aliphatic carbocycles. The van der Waals surface area contributed by atoms with Crippen molar-refractivity contribution in [3.63, 3.8) is 0 Å². The molecular weight excluding hydrogens is 452 g/mol. The molecule has 0 amide bonds. The highest BCUT2D eigenvalue weighted by Gasteiger charge is 2.19. The first kappa shape index (κ1) is 25.6. The maximum atomic E-state index is 5.40. The molecule has 0 aliphatic rings. The largest absolute Gasteiger partial charge is 0.249 e. The number of fused-ring (bicyclic) bond motifs is 6. The van der Waals surface area contributed by atoms with Crippen LogP contribution in [0.5, 0.6) is 0 Å². The number of rotatable bonds is 12. The number of hydrogen-bond acceptors (Lipinski definition) is 4. The average Bonchev–Trinajstić information content (AvgIpc) is 3.43. The van der Waals surface area contributed by atoms with Crippen LogP contribution in [0.25, 0.3) is 31.2 Å². The topological polar surface area (TPSA) is 25.8 Å². The maximum Gasteiger partial charge on any atom is 0.0984 e. The van der Waals surface area contributed by atoms with E-state index in [-0.39, 0.29) is 0 Å². The Morgan fingerprint density at radius 2 is 1.03 bits per heavy atom. The fourth-order valence-electron chi connectivity index (χ4n) is 5.16. The lowest BCUT2D eigenvalue weighted by Gasteiger charge is -2.18. The van der Waals surface area contributed by atoms with Gasteiger partial charge in [0.2, 0.25) is 0 Å². The van der Waals surface area contributed by atoms with Gasteiger partial charge < -0.3 is 0 Å². The highest BCUT2D eigenvalue weighted by Crippen LogP contribution is 2.39. The van der Waals surface area contributed by atoms with E-state index in [1.807, 2.05) is 22.7 Å². The molecule has 3 aromatic heterocycles. The third kappa shape index (κ3) is 5.99. The lowest BCUT2D eigenvalue weighted by atomic mass is 9.92. The van der Waals surface area contributed by atoms with Gasteiger partial charge in [-0.2, -0.15) is 0 Å². The van der Waals surface area contributed by atoms with Crippen LogP contribution >= 0.6 is 22.7 Å². The van der Waals surface area contributed by atoms with Gasteiger partial charge in [-0.05, 0) is 59.4 Å². The Hall–Kier alpha value is -1.52. The molecule has 184 valence electrons. The van der Waals surface area contributed by atoms with E-state index in [1.165, 1.54) is 70.1 Å². The summed E-state index contributed by atoms with van der Waals surface area (Å²) in [6.07, 6.45) is 9.90. The highest BCUT2D eigenvalue weighted by atomic mass is 32.1. The third-order valence-electron chi connectivity index (χ3n) is 7.14. The van der Waals surface area contributed by atoms with Gasteiger partial charge in [-0.15, -0.1) is 22.7 Å². The second-order valence-corrected chi connectivity index (χ2v) is 13.2. The molecule has 4 rings (SSSR count). The fourth-order valence-corrected chi connectivity index (χ4v) is 7.15. The minimum atomic E-state index is 0.642. The van der Waals surface area contributed by atoms with Gasteiger partial charge in [0.05, 0.1) is 31.8 Å². The first-order valence-corrected chi connectivity index (χ1v) is 15.1. The van der Waals surface area contributed by atoms with Crippen molar-refractivity contribution in [3.05, 3.63) is 34.3 Å². The predicted octanol–water partition coefficient (Wildman–Crippen LogP) is 10.1. The first-order chi connectivity index (χ1) is 16.3. The van der Waals surface area contributed by atoms with Crippen molar-refractivity contribution in [1.82, 2.24) is 9.97 Å². The molecule has 0 unspecified atom stereocenters. The van der Waals surface area contributed by atoms with Gasteiger partial charge in [0.25, 0.3) is 0 Å². The van der Waals surface area contributed by atoms with Crippen molar-refractivity contribution in [3.8, 4) is 0 Å². The molecule has 0 N–H and O–H groups in total. The Morgan fingerprint density at radius 1 is 0.618 bits per heavy atom. The van der Waals surface area contributed by atoms with E-state index in [4.69, 9.17) is 9.97 Å². The van der Waals surface area contributed by atoms with Gasteiger partial charge >= 0.3 is 0 Å². The lowest BCUT2D eigenvalue weighted by molar-refractivity contribution is 0.441. The predicted molar refractivity (Wildman–Crippen MR) is 153 cm³/mol. The van der Waals surface area contributed by atoms with Crippen LogP contribution in [0.15, 0.2) is 22.9 Å². The van der Waals surface area contributed by atoms with Crippen molar-refractivity contribution in [2.75, 3.05) is 0 Å². The van der Waals surface area contributed by atoms with Crippen LogP contribution in [0.4, 0.5) is 0 Å². The molecule has 2 atom stereocenters. The molecule has 1 aromatic carbocycles. The monoisotopic (exact) mass is 494 g/mol. The maximum absolute atomic E-state index is 5.40. The SMILES string of the molecule is CC(C)CCC[C@H](C)Cc1nc2c3ccsc3c3sccc3c2nc1C[C@@H](C)CCCC(C)C. The van der Waals surface area contributed by atoms with Gasteiger partial charge in [-0.25, -0.2) is 9.97 Å². The van der Waals surface area contributed by atoms with Gasteiger partial charge in [-0.3, -0.25) is 0 Å². The molecule has 0 saturated carbocycles. The normalized spacial score (nSPS) is 14.2. The van der Waals surface area contributed by atoms with E-state index < -0.39 is 0 Å². The van der Waals surface area contributed by atoms with Gasteiger partial charge in [0.1, 0.15) is 0 Å². The molecule has 0 bridgehead atoms. The first-order valence-electron chi connectivity index (χ1n) is 13.4. The Morgan fingerprint density at radius 3 is 1.41 bits per heavy atom. The summed E-state index contributed by atoms with van der Waals surface area (Å²) in [5, 5.41) is 6.99. The Kier molecular flexibility index (Phi) is 8.63. The second kappa shape index (κ2) is 11.5. The Bertz CT molecular complexity index is 1120. The Balaban J connectivity index is 1.69. The molecule has 3 heterocycles. The fraction of sp³-hybridized carbons (Fsp3) is 0.600. The van der Waals surface area contributed by atoms with E-state index in [9.17, 15) is 0 Å². The standard InChI is InChI=1S/C30H42N2S2/c1-19(2)9-7-11-21(5)17-25-26(18-22(6)12-8-10-20(3)4)32-28-24-14-16-34-30(24)29-23(13-15-33-29)27(28)31-25/h13-16,19-22H,7-12,17-18H2,1-6H3/t21-,22-/m0/s1. The van der Waals surface area contributed by atoms with E-state index in [0.29, 0.717) is 11.8 Å². The molecule has 0 fully saturated rings. The van der Waals surface area contributed by atoms with Crippen molar-refractivity contribution >= 4 is 53.9 Å². The van der Waals surface area contributed by atoms with Crippen LogP contribution in [0.1, 0.15) is 91.5 Å². The smallest absolute Gasteiger partial charge is 0.0984 e. The van der Waals surface area contributed by atoms with Crippen molar-refractivity contribution in [1.29, 1.82) is 0 Å². The molecular formula is C30H42N2S2. The molecule has 0 saturated heterocycles. The van der Waals surface area contributed by atoms with Crippen LogP contribution in [0, 0.1) is 23.7 Å². The number of benzene rings is 1. The summed E-state index contributed by atoms with van der Waals surface area (Å²) in [7, 11) is 0. The Labute approximate surface area is 214 Å². The van der Waals surface area contributed by atoms with Crippen molar-refractivity contribution in [2.45, 2.75) is 92.9 Å². The summed E-state index contributed by atoms with van der Waals surface area (Å²) in [6.45, 7) is 14.1. The molecule has 0 aliphatic heterocycles. The van der Waals surface area contributed by atoms with Crippen LogP contribution < -0.4 is 0 Å². The van der Waals surface area contributed by atoms with E-state index in [2.05, 4.69) is 64.4 Å². The summed E-state index contributed by atoms with van der Waals surface area (Å²) >= 11 is 3.68. The minimum Gasteiger partial charge on any atom is -0.249 e. The third-order valence-corrected chi connectivity index (χ3v) is 9.13. The molecule has 4 aromatic rings. The second-order valence-electron chi connectivity index (χ2n) is 11.4. The zero-order valence-corrected chi connectivity index (χ0v) is 23.6.